The molecular weight excluding hydrogens is 92.1 g/mol. The lowest BCUT2D eigenvalue weighted by molar-refractivity contribution is 0.240. The third-order valence-corrected chi connectivity index (χ3v) is 0.949. The molecule has 0 bridgehead atoms. The SMILES string of the molecule is CC[C@H](CO)NN. The average Bonchev–Trinajstić information content (AvgIpc) is 1.72. The van der Waals surface area contributed by atoms with Crippen LogP contribution < -0.4 is 11.3 Å². The number of aliphatic hydroxyl groups excluding tert-OH is 1. The van der Waals surface area contributed by atoms with Crippen LogP contribution in [0.2, 0.25) is 0 Å². The molecular formula is C4H12N2O. The molecule has 0 heterocycles. The molecule has 0 aliphatic carbocycles. The van der Waals surface area contributed by atoms with Crippen LogP contribution in [0.25, 0.3) is 0 Å². The summed E-state index contributed by atoms with van der Waals surface area (Å²) in [6.07, 6.45) is 0.868. The Labute approximate surface area is 43.5 Å². The van der Waals surface area contributed by atoms with Crippen molar-refractivity contribution in [2.24, 2.45) is 5.84 Å². The number of nitrogens with one attached hydrogen (secondary N) is 1. The van der Waals surface area contributed by atoms with E-state index in [-0.39, 0.29) is 12.6 Å². The standard InChI is InChI=1S/C4H12N2O/c1-2-4(3-7)6-5/h4,6-7H,2-3,5H2,1H3/t4-/m1/s1. The lowest BCUT2D eigenvalue weighted by Crippen LogP contribution is -2.37. The molecule has 4 N–H and O–H groups in total. The Morgan fingerprint density at radius 1 is 1.86 bits per heavy atom. The molecule has 0 aromatic carbocycles. The molecule has 0 unspecified atom stereocenters. The van der Waals surface area contributed by atoms with Crippen LogP contribution in [0.4, 0.5) is 0 Å². The molecule has 0 aliphatic heterocycles. The van der Waals surface area contributed by atoms with E-state index in [1.807, 2.05) is 6.92 Å². The second kappa shape index (κ2) is 4.05. The molecule has 0 rings (SSSR count). The zero-order chi connectivity index (χ0) is 5.70. The lowest BCUT2D eigenvalue weighted by atomic mass is 10.3. The number of nitrogens with two attached hydrogens (primary N) is 1. The lowest BCUT2D eigenvalue weighted by Gasteiger charge is -2.06. The van der Waals surface area contributed by atoms with Crippen molar-refractivity contribution in [3.05, 3.63) is 0 Å². The number of hydrazine groups is 1. The van der Waals surface area contributed by atoms with Gasteiger partial charge in [-0.1, -0.05) is 6.92 Å². The Morgan fingerprint density at radius 3 is 2.43 bits per heavy atom. The number of hydrogen-bond donors (Lipinski definition) is 3. The minimum absolute atomic E-state index is 0.0694. The first-order chi connectivity index (χ1) is 3.35. The smallest absolute Gasteiger partial charge is 0.0598 e. The summed E-state index contributed by atoms with van der Waals surface area (Å²) in [5.41, 5.74) is 2.45. The second-order valence-electron chi connectivity index (χ2n) is 1.45. The predicted octanol–water partition coefficient (Wildman–Crippen LogP) is -0.779. The van der Waals surface area contributed by atoms with E-state index in [4.69, 9.17) is 10.9 Å². The molecule has 0 aliphatic rings. The zero-order valence-electron chi connectivity index (χ0n) is 4.52. The van der Waals surface area contributed by atoms with Crippen molar-refractivity contribution < 1.29 is 5.11 Å². The molecule has 3 heteroatoms. The number of aliphatic hydroxyl groups is 1. The average molecular weight is 104 g/mol. The molecule has 0 aromatic rings. The van der Waals surface area contributed by atoms with Gasteiger partial charge in [-0.05, 0) is 6.42 Å². The van der Waals surface area contributed by atoms with Crippen molar-refractivity contribution >= 4 is 0 Å². The molecule has 0 amide bonds. The third-order valence-electron chi connectivity index (χ3n) is 0.949. The van der Waals surface area contributed by atoms with Gasteiger partial charge >= 0.3 is 0 Å². The van der Waals surface area contributed by atoms with Gasteiger partial charge in [-0.15, -0.1) is 0 Å². The molecule has 0 spiro atoms. The van der Waals surface area contributed by atoms with Crippen LogP contribution in [0.1, 0.15) is 13.3 Å². The van der Waals surface area contributed by atoms with Crippen LogP contribution in [-0.4, -0.2) is 17.8 Å². The van der Waals surface area contributed by atoms with Gasteiger partial charge < -0.3 is 5.11 Å². The fourth-order valence-electron chi connectivity index (χ4n) is 0.300. The van der Waals surface area contributed by atoms with E-state index < -0.39 is 0 Å². The summed E-state index contributed by atoms with van der Waals surface area (Å²) in [5, 5.41) is 8.38. The van der Waals surface area contributed by atoms with E-state index >= 15 is 0 Å². The predicted molar refractivity (Wildman–Crippen MR) is 28.5 cm³/mol. The fraction of sp³-hybridized carbons (Fsp3) is 1.00. The summed E-state index contributed by atoms with van der Waals surface area (Å²) in [6, 6.07) is 0.0694. The molecule has 44 valence electrons. The molecule has 0 radical (unpaired) electrons. The number of hydrogen-bond acceptors (Lipinski definition) is 3. The van der Waals surface area contributed by atoms with E-state index in [9.17, 15) is 0 Å². The Hall–Kier alpha value is -0.120. The Bertz CT molecular complexity index is 31.2. The van der Waals surface area contributed by atoms with Crippen molar-refractivity contribution in [2.45, 2.75) is 19.4 Å². The van der Waals surface area contributed by atoms with Gasteiger partial charge in [0.2, 0.25) is 0 Å². The maximum atomic E-state index is 8.38. The first-order valence-electron chi connectivity index (χ1n) is 2.42. The molecule has 0 fully saturated rings. The third kappa shape index (κ3) is 2.56. The van der Waals surface area contributed by atoms with Crippen molar-refractivity contribution in [1.82, 2.24) is 5.43 Å². The Balaban J connectivity index is 2.99. The summed E-state index contributed by atoms with van der Waals surface area (Å²) in [7, 11) is 0. The summed E-state index contributed by atoms with van der Waals surface area (Å²) >= 11 is 0. The van der Waals surface area contributed by atoms with Crippen molar-refractivity contribution in [3.8, 4) is 0 Å². The van der Waals surface area contributed by atoms with Crippen molar-refractivity contribution in [1.29, 1.82) is 0 Å². The summed E-state index contributed by atoms with van der Waals surface area (Å²) in [5.74, 6) is 4.98. The van der Waals surface area contributed by atoms with Gasteiger partial charge in [0.25, 0.3) is 0 Å². The van der Waals surface area contributed by atoms with Gasteiger partial charge in [0.05, 0.1) is 6.61 Å². The molecule has 1 atom stereocenters. The highest BCUT2D eigenvalue weighted by Gasteiger charge is 1.96. The highest BCUT2D eigenvalue weighted by atomic mass is 16.3. The maximum Gasteiger partial charge on any atom is 0.0598 e. The van der Waals surface area contributed by atoms with Crippen LogP contribution in [0, 0.1) is 0 Å². The normalized spacial score (nSPS) is 14.1. The molecule has 0 saturated heterocycles. The van der Waals surface area contributed by atoms with Crippen LogP contribution in [-0.2, 0) is 0 Å². The van der Waals surface area contributed by atoms with Crippen LogP contribution in [0.3, 0.4) is 0 Å². The van der Waals surface area contributed by atoms with Gasteiger partial charge in [0, 0.05) is 6.04 Å². The van der Waals surface area contributed by atoms with E-state index in [0.29, 0.717) is 0 Å². The highest BCUT2D eigenvalue weighted by molar-refractivity contribution is 4.55. The number of rotatable bonds is 3. The van der Waals surface area contributed by atoms with Gasteiger partial charge in [-0.3, -0.25) is 11.3 Å². The molecule has 3 nitrogen and oxygen atoms in total. The highest BCUT2D eigenvalue weighted by Crippen LogP contribution is 1.82. The fourth-order valence-corrected chi connectivity index (χ4v) is 0.300. The van der Waals surface area contributed by atoms with Gasteiger partial charge in [-0.25, -0.2) is 0 Å². The van der Waals surface area contributed by atoms with Crippen molar-refractivity contribution in [2.75, 3.05) is 6.61 Å². The van der Waals surface area contributed by atoms with Gasteiger partial charge in [0.1, 0.15) is 0 Å². The van der Waals surface area contributed by atoms with E-state index in [1.54, 1.807) is 0 Å². The quantitative estimate of drug-likeness (QED) is 0.325. The first kappa shape index (κ1) is 6.88. The van der Waals surface area contributed by atoms with Gasteiger partial charge in [0.15, 0.2) is 0 Å². The van der Waals surface area contributed by atoms with Crippen molar-refractivity contribution in [3.63, 3.8) is 0 Å². The minimum atomic E-state index is 0.0694. The van der Waals surface area contributed by atoms with Crippen LogP contribution in [0.15, 0.2) is 0 Å². The molecule has 0 saturated carbocycles. The largest absolute Gasteiger partial charge is 0.395 e. The van der Waals surface area contributed by atoms with E-state index in [1.165, 1.54) is 0 Å². The minimum Gasteiger partial charge on any atom is -0.395 e. The Kier molecular flexibility index (Phi) is 3.98. The molecule has 7 heavy (non-hydrogen) atoms. The summed E-state index contributed by atoms with van der Waals surface area (Å²) in [6.45, 7) is 2.08. The van der Waals surface area contributed by atoms with E-state index in [0.717, 1.165) is 6.42 Å². The maximum absolute atomic E-state index is 8.38. The Morgan fingerprint density at radius 2 is 2.43 bits per heavy atom. The molecule has 0 aromatic heterocycles. The monoisotopic (exact) mass is 104 g/mol. The van der Waals surface area contributed by atoms with Gasteiger partial charge in [-0.2, -0.15) is 0 Å². The van der Waals surface area contributed by atoms with E-state index in [2.05, 4.69) is 5.43 Å². The zero-order valence-corrected chi connectivity index (χ0v) is 4.52. The first-order valence-corrected chi connectivity index (χ1v) is 2.42. The van der Waals surface area contributed by atoms with Crippen LogP contribution >= 0.6 is 0 Å². The summed E-state index contributed by atoms with van der Waals surface area (Å²) in [4.78, 5) is 0. The summed E-state index contributed by atoms with van der Waals surface area (Å²) < 4.78 is 0. The van der Waals surface area contributed by atoms with Crippen LogP contribution in [0.5, 0.6) is 0 Å². The topological polar surface area (TPSA) is 58.3 Å². The second-order valence-corrected chi connectivity index (χ2v) is 1.45.